The van der Waals surface area contributed by atoms with Crippen LogP contribution in [0.3, 0.4) is 0 Å². The summed E-state index contributed by atoms with van der Waals surface area (Å²) in [6.45, 7) is 4.73. The van der Waals surface area contributed by atoms with Gasteiger partial charge in [0.15, 0.2) is 5.58 Å². The van der Waals surface area contributed by atoms with E-state index < -0.39 is 10.8 Å². The Kier molecular flexibility index (Phi) is 7.91. The Hall–Kier alpha value is -8.20. The summed E-state index contributed by atoms with van der Waals surface area (Å²) in [7, 11) is 0. The third kappa shape index (κ3) is 4.94. The molecule has 316 valence electrons. The normalized spacial score (nSPS) is 15.1. The van der Waals surface area contributed by atoms with Gasteiger partial charge in [-0.1, -0.05) is 214 Å². The Morgan fingerprint density at radius 2 is 0.776 bits per heavy atom. The van der Waals surface area contributed by atoms with E-state index >= 15 is 0 Å². The highest BCUT2D eigenvalue weighted by Gasteiger charge is 2.56. The quantitative estimate of drug-likeness (QED) is 0.171. The van der Waals surface area contributed by atoms with Crippen LogP contribution < -0.4 is 4.90 Å². The Labute approximate surface area is 391 Å². The van der Waals surface area contributed by atoms with E-state index in [0.717, 1.165) is 39.0 Å². The Morgan fingerprint density at radius 1 is 0.328 bits per heavy atom. The molecule has 3 aliphatic rings. The van der Waals surface area contributed by atoms with E-state index in [1.54, 1.807) is 0 Å². The fourth-order valence-corrected chi connectivity index (χ4v) is 12.9. The molecule has 67 heavy (non-hydrogen) atoms. The van der Waals surface area contributed by atoms with Crippen LogP contribution in [0.2, 0.25) is 0 Å². The van der Waals surface area contributed by atoms with Gasteiger partial charge in [0.05, 0.1) is 16.5 Å². The molecule has 2 heteroatoms. The second kappa shape index (κ2) is 13.9. The van der Waals surface area contributed by atoms with Crippen LogP contribution in [0.1, 0.15) is 69.5 Å². The first-order valence-electron chi connectivity index (χ1n) is 23.5. The summed E-state index contributed by atoms with van der Waals surface area (Å²) < 4.78 is 6.90. The van der Waals surface area contributed by atoms with Crippen LogP contribution in [-0.4, -0.2) is 0 Å². The first-order chi connectivity index (χ1) is 33.0. The van der Waals surface area contributed by atoms with Crippen molar-refractivity contribution >= 4 is 39.0 Å². The summed E-state index contributed by atoms with van der Waals surface area (Å²) in [4.78, 5) is 2.46. The first kappa shape index (κ1) is 38.1. The summed E-state index contributed by atoms with van der Waals surface area (Å²) in [6, 6.07) is 88.3. The smallest absolute Gasteiger partial charge is 0.159 e. The number of hydrogen-bond acceptors (Lipinski definition) is 2. The van der Waals surface area contributed by atoms with Crippen LogP contribution in [-0.2, 0) is 16.2 Å². The second-order valence-electron chi connectivity index (χ2n) is 19.1. The molecular weight excluding hydrogens is 811 g/mol. The standard InChI is InChI=1S/C65H45NO/c1-63(2)52-28-12-9-24-46(52)48-38-36-44(40-58(48)63)66(60-34-19-27-51-50-26-11-18-35-61(50)67-62(51)60)45-37-39-49-47-25-10-13-29-53(47)65(59(49)41-45)56-32-16-14-30-54(56)64(42-20-5-3-6-21-42,43-22-7-4-8-23-43)55-31-15-17-33-57(55)65/h3-41H,1-2H3. The molecular formula is C65H45NO. The van der Waals surface area contributed by atoms with Gasteiger partial charge in [0, 0.05) is 27.6 Å². The third-order valence-corrected chi connectivity index (χ3v) is 15.6. The van der Waals surface area contributed by atoms with Gasteiger partial charge in [0.25, 0.3) is 0 Å². The molecule has 0 N–H and O–H groups in total. The number of nitrogens with zero attached hydrogens (tertiary/aromatic N) is 1. The molecule has 0 saturated heterocycles. The molecule has 1 heterocycles. The molecule has 11 aromatic rings. The zero-order valence-electron chi connectivity index (χ0n) is 37.4. The molecule has 0 unspecified atom stereocenters. The summed E-state index contributed by atoms with van der Waals surface area (Å²) >= 11 is 0. The van der Waals surface area contributed by atoms with Gasteiger partial charge in [-0.15, -0.1) is 0 Å². The van der Waals surface area contributed by atoms with Crippen molar-refractivity contribution in [3.63, 3.8) is 0 Å². The zero-order chi connectivity index (χ0) is 44.5. The van der Waals surface area contributed by atoms with E-state index in [1.165, 1.54) is 77.9 Å². The van der Waals surface area contributed by atoms with Crippen molar-refractivity contribution < 1.29 is 4.42 Å². The molecule has 3 aliphatic carbocycles. The van der Waals surface area contributed by atoms with Crippen LogP contribution in [0, 0.1) is 0 Å². The molecule has 0 saturated carbocycles. The lowest BCUT2D eigenvalue weighted by Crippen LogP contribution is -2.44. The summed E-state index contributed by atoms with van der Waals surface area (Å²) in [6.07, 6.45) is 0. The average Bonchev–Trinajstić information content (AvgIpc) is 3.99. The molecule has 0 amide bonds. The van der Waals surface area contributed by atoms with Gasteiger partial charge in [-0.2, -0.15) is 0 Å². The van der Waals surface area contributed by atoms with Gasteiger partial charge in [-0.05, 0) is 114 Å². The largest absolute Gasteiger partial charge is 0.454 e. The van der Waals surface area contributed by atoms with Crippen molar-refractivity contribution in [3.8, 4) is 22.3 Å². The van der Waals surface area contributed by atoms with E-state index in [2.05, 4.69) is 255 Å². The minimum atomic E-state index is -0.638. The number of anilines is 3. The Balaban J connectivity index is 1.08. The van der Waals surface area contributed by atoms with E-state index in [0.29, 0.717) is 0 Å². The molecule has 2 nitrogen and oxygen atoms in total. The summed E-state index contributed by atoms with van der Waals surface area (Å²) in [5.74, 6) is 0. The maximum absolute atomic E-state index is 6.90. The van der Waals surface area contributed by atoms with Crippen molar-refractivity contribution in [1.82, 2.24) is 0 Å². The molecule has 14 rings (SSSR count). The van der Waals surface area contributed by atoms with Crippen molar-refractivity contribution in [2.45, 2.75) is 30.1 Å². The zero-order valence-corrected chi connectivity index (χ0v) is 37.4. The molecule has 0 bridgehead atoms. The fraction of sp³-hybridized carbons (Fsp3) is 0.0769. The van der Waals surface area contributed by atoms with Gasteiger partial charge in [-0.25, -0.2) is 0 Å². The van der Waals surface area contributed by atoms with Gasteiger partial charge >= 0.3 is 0 Å². The van der Waals surface area contributed by atoms with Crippen LogP contribution in [0.4, 0.5) is 17.1 Å². The Morgan fingerprint density at radius 3 is 1.40 bits per heavy atom. The fourth-order valence-electron chi connectivity index (χ4n) is 12.9. The van der Waals surface area contributed by atoms with Gasteiger partial charge in [-0.3, -0.25) is 0 Å². The highest BCUT2D eigenvalue weighted by Crippen LogP contribution is 2.65. The van der Waals surface area contributed by atoms with Crippen molar-refractivity contribution in [2.24, 2.45) is 0 Å². The second-order valence-corrected chi connectivity index (χ2v) is 19.1. The maximum atomic E-state index is 6.90. The van der Waals surface area contributed by atoms with Crippen LogP contribution in [0.15, 0.2) is 241 Å². The average molecular weight is 856 g/mol. The molecule has 0 aliphatic heterocycles. The lowest BCUT2D eigenvalue weighted by molar-refractivity contribution is 0.623. The van der Waals surface area contributed by atoms with Crippen molar-refractivity contribution in [2.75, 3.05) is 4.90 Å². The molecule has 0 fully saturated rings. The minimum Gasteiger partial charge on any atom is -0.454 e. The predicted octanol–water partition coefficient (Wildman–Crippen LogP) is 16.4. The first-order valence-corrected chi connectivity index (χ1v) is 23.5. The monoisotopic (exact) mass is 855 g/mol. The number of rotatable bonds is 5. The molecule has 1 aromatic heterocycles. The van der Waals surface area contributed by atoms with Crippen molar-refractivity contribution in [1.29, 1.82) is 0 Å². The topological polar surface area (TPSA) is 16.4 Å². The van der Waals surface area contributed by atoms with Gasteiger partial charge in [0.2, 0.25) is 0 Å². The maximum Gasteiger partial charge on any atom is 0.159 e. The highest BCUT2D eigenvalue weighted by atomic mass is 16.3. The predicted molar refractivity (Wildman–Crippen MR) is 275 cm³/mol. The van der Waals surface area contributed by atoms with E-state index in [9.17, 15) is 0 Å². The molecule has 1 spiro atoms. The number of furan rings is 1. The van der Waals surface area contributed by atoms with Crippen LogP contribution in [0.25, 0.3) is 44.2 Å². The summed E-state index contributed by atoms with van der Waals surface area (Å²) in [5.41, 5.74) is 21.6. The number of benzene rings is 10. The lowest BCUT2D eigenvalue weighted by atomic mass is 9.51. The SMILES string of the molecule is CC1(C)c2ccccc2-c2ccc(N(c3ccc4c(c3)C3(c5ccccc5-4)c4ccccc4C(c4ccccc4)(c4ccccc4)c4ccccc43)c3cccc4c3oc3ccccc34)cc21. The van der Waals surface area contributed by atoms with Crippen molar-refractivity contribution in [3.05, 3.63) is 292 Å². The van der Waals surface area contributed by atoms with E-state index in [-0.39, 0.29) is 5.41 Å². The number of hydrogen-bond donors (Lipinski definition) is 0. The van der Waals surface area contributed by atoms with Crippen LogP contribution in [0.5, 0.6) is 0 Å². The van der Waals surface area contributed by atoms with E-state index in [1.807, 2.05) is 0 Å². The molecule has 10 aromatic carbocycles. The Bertz CT molecular complexity index is 3710. The lowest BCUT2D eigenvalue weighted by Gasteiger charge is -2.50. The van der Waals surface area contributed by atoms with Gasteiger partial charge in [0.1, 0.15) is 5.58 Å². The molecule has 0 radical (unpaired) electrons. The van der Waals surface area contributed by atoms with Gasteiger partial charge < -0.3 is 9.32 Å². The summed E-state index contributed by atoms with van der Waals surface area (Å²) in [5, 5.41) is 2.22. The number of para-hydroxylation sites is 2. The minimum absolute atomic E-state index is 0.178. The molecule has 0 atom stereocenters. The third-order valence-electron chi connectivity index (χ3n) is 15.6. The van der Waals surface area contributed by atoms with E-state index in [4.69, 9.17) is 4.42 Å². The highest BCUT2D eigenvalue weighted by molar-refractivity contribution is 6.10. The van der Waals surface area contributed by atoms with Crippen LogP contribution >= 0.6 is 0 Å². The number of fused-ring (bicyclic) bond motifs is 15.